The van der Waals surface area contributed by atoms with Crippen molar-refractivity contribution in [3.63, 3.8) is 0 Å². The van der Waals surface area contributed by atoms with Gasteiger partial charge in [0, 0.05) is 25.7 Å². The highest BCUT2D eigenvalue weighted by molar-refractivity contribution is 5.89. The summed E-state index contributed by atoms with van der Waals surface area (Å²) in [5, 5.41) is 4.68. The maximum atomic E-state index is 12.8. The Hall–Kier alpha value is -2.63. The number of aryl methyl sites for hydroxylation is 2. The quantitative estimate of drug-likeness (QED) is 0.723. The Bertz CT molecular complexity index is 980. The second kappa shape index (κ2) is 6.47. The van der Waals surface area contributed by atoms with Crippen molar-refractivity contribution in [1.29, 1.82) is 0 Å². The molecule has 0 saturated carbocycles. The van der Waals surface area contributed by atoms with Crippen molar-refractivity contribution in [3.05, 3.63) is 51.2 Å². The average Bonchev–Trinajstić information content (AvgIpc) is 2.99. The van der Waals surface area contributed by atoms with Gasteiger partial charge in [0.2, 0.25) is 0 Å². The lowest BCUT2D eigenvalue weighted by Crippen LogP contribution is -2.39. The Labute approximate surface area is 140 Å². The lowest BCUT2D eigenvalue weighted by atomic mass is 10.1. The van der Waals surface area contributed by atoms with Gasteiger partial charge in [-0.2, -0.15) is 5.10 Å². The normalized spacial score (nSPS) is 11.3. The van der Waals surface area contributed by atoms with Crippen LogP contribution in [0.25, 0.3) is 22.3 Å². The molecule has 126 valence electrons. The molecular weight excluding hydrogens is 304 g/mol. The van der Waals surface area contributed by atoms with Gasteiger partial charge in [0.25, 0.3) is 5.56 Å². The number of hydrogen-bond acceptors (Lipinski definition) is 3. The zero-order valence-electron chi connectivity index (χ0n) is 14.3. The molecule has 3 aromatic rings. The fraction of sp³-hybridized carbons (Fsp3) is 0.389. The van der Waals surface area contributed by atoms with Crippen molar-refractivity contribution >= 4 is 11.0 Å². The minimum atomic E-state index is -0.303. The van der Waals surface area contributed by atoms with Gasteiger partial charge in [-0.3, -0.25) is 18.6 Å². The van der Waals surface area contributed by atoms with E-state index < -0.39 is 0 Å². The van der Waals surface area contributed by atoms with Crippen LogP contribution < -0.4 is 11.2 Å². The van der Waals surface area contributed by atoms with E-state index in [2.05, 4.69) is 12.0 Å². The summed E-state index contributed by atoms with van der Waals surface area (Å²) in [4.78, 5) is 25.4. The largest absolute Gasteiger partial charge is 0.331 e. The molecule has 2 heterocycles. The van der Waals surface area contributed by atoms with Crippen LogP contribution in [0, 0.1) is 0 Å². The fourth-order valence-electron chi connectivity index (χ4n) is 3.01. The van der Waals surface area contributed by atoms with Gasteiger partial charge in [0.05, 0.1) is 0 Å². The van der Waals surface area contributed by atoms with Crippen molar-refractivity contribution in [1.82, 2.24) is 18.9 Å². The van der Waals surface area contributed by atoms with Gasteiger partial charge in [-0.05, 0) is 13.3 Å². The molecule has 0 aliphatic rings. The smallest absolute Gasteiger partial charge is 0.293 e. The van der Waals surface area contributed by atoms with Gasteiger partial charge in [-0.1, -0.05) is 43.7 Å². The molecule has 6 heteroatoms. The lowest BCUT2D eigenvalue weighted by Gasteiger charge is -2.08. The van der Waals surface area contributed by atoms with Gasteiger partial charge >= 0.3 is 5.69 Å². The molecule has 24 heavy (non-hydrogen) atoms. The predicted octanol–water partition coefficient (Wildman–Crippen LogP) is 2.38. The molecule has 0 aliphatic heterocycles. The summed E-state index contributed by atoms with van der Waals surface area (Å²) in [5.41, 5.74) is 2.13. The highest BCUT2D eigenvalue weighted by Crippen LogP contribution is 2.25. The summed E-state index contributed by atoms with van der Waals surface area (Å²) in [6.07, 6.45) is 1.94. The van der Waals surface area contributed by atoms with Gasteiger partial charge in [0.1, 0.15) is 11.2 Å². The van der Waals surface area contributed by atoms with Crippen LogP contribution in [0.4, 0.5) is 0 Å². The highest BCUT2D eigenvalue weighted by Gasteiger charge is 2.20. The second-order valence-electron chi connectivity index (χ2n) is 5.88. The molecule has 3 rings (SSSR count). The molecule has 0 fully saturated rings. The number of rotatable bonds is 5. The number of benzene rings is 1. The average molecular weight is 326 g/mol. The monoisotopic (exact) mass is 326 g/mol. The first-order chi connectivity index (χ1) is 11.6. The number of fused-ring (bicyclic) bond motifs is 1. The fourth-order valence-corrected chi connectivity index (χ4v) is 3.01. The zero-order valence-corrected chi connectivity index (χ0v) is 14.3. The minimum absolute atomic E-state index is 0.263. The Kier molecular flexibility index (Phi) is 4.38. The maximum Gasteiger partial charge on any atom is 0.331 e. The summed E-state index contributed by atoms with van der Waals surface area (Å²) in [7, 11) is 1.70. The van der Waals surface area contributed by atoms with Crippen LogP contribution in [0.3, 0.4) is 0 Å². The first-order valence-corrected chi connectivity index (χ1v) is 8.35. The molecule has 0 radical (unpaired) electrons. The van der Waals surface area contributed by atoms with Crippen LogP contribution in [0.5, 0.6) is 0 Å². The van der Waals surface area contributed by atoms with E-state index in [9.17, 15) is 9.59 Å². The van der Waals surface area contributed by atoms with Crippen LogP contribution in [0.15, 0.2) is 39.9 Å². The molecule has 6 nitrogen and oxygen atoms in total. The molecule has 0 aliphatic carbocycles. The van der Waals surface area contributed by atoms with E-state index in [4.69, 9.17) is 0 Å². The highest BCUT2D eigenvalue weighted by atomic mass is 16.2. The third-order valence-electron chi connectivity index (χ3n) is 4.32. The van der Waals surface area contributed by atoms with Gasteiger partial charge in [0.15, 0.2) is 5.52 Å². The molecule has 0 atom stereocenters. The molecule has 0 bridgehead atoms. The van der Waals surface area contributed by atoms with E-state index in [0.29, 0.717) is 29.8 Å². The Balaban J connectivity index is 2.43. The molecule has 0 spiro atoms. The first kappa shape index (κ1) is 16.2. The van der Waals surface area contributed by atoms with E-state index in [1.807, 2.05) is 30.3 Å². The third kappa shape index (κ3) is 2.48. The van der Waals surface area contributed by atoms with Crippen LogP contribution in [0.2, 0.25) is 0 Å². The van der Waals surface area contributed by atoms with E-state index in [0.717, 1.165) is 18.4 Å². The third-order valence-corrected chi connectivity index (χ3v) is 4.32. The lowest BCUT2D eigenvalue weighted by molar-refractivity contribution is 0.579. The minimum Gasteiger partial charge on any atom is -0.293 e. The molecule has 1 aromatic carbocycles. The van der Waals surface area contributed by atoms with Crippen molar-refractivity contribution in [3.8, 4) is 11.3 Å². The van der Waals surface area contributed by atoms with E-state index in [1.165, 1.54) is 9.13 Å². The molecule has 0 N–H and O–H groups in total. The standard InChI is InChI=1S/C18H22N4O2/c1-4-6-12-22-16-15(14(19-22)13-10-8-7-9-11-13)20(3)18(24)21(5-2)17(16)23/h7-11H,4-6,12H2,1-3H3. The zero-order chi connectivity index (χ0) is 17.3. The number of unbranched alkanes of at least 4 members (excludes halogenated alkanes) is 1. The van der Waals surface area contributed by atoms with Crippen molar-refractivity contribution in [2.45, 2.75) is 39.8 Å². The molecule has 0 unspecified atom stereocenters. The van der Waals surface area contributed by atoms with Crippen molar-refractivity contribution in [2.75, 3.05) is 0 Å². The Morgan fingerprint density at radius 3 is 2.38 bits per heavy atom. The summed E-state index contributed by atoms with van der Waals surface area (Å²) < 4.78 is 4.56. The number of hydrogen-bond donors (Lipinski definition) is 0. The van der Waals surface area contributed by atoms with E-state index >= 15 is 0 Å². The van der Waals surface area contributed by atoms with Crippen molar-refractivity contribution < 1.29 is 0 Å². The van der Waals surface area contributed by atoms with E-state index in [-0.39, 0.29) is 11.2 Å². The van der Waals surface area contributed by atoms with Crippen LogP contribution in [-0.4, -0.2) is 18.9 Å². The predicted molar refractivity (Wildman–Crippen MR) is 95.3 cm³/mol. The summed E-state index contributed by atoms with van der Waals surface area (Å²) in [6, 6.07) is 9.68. The Morgan fingerprint density at radius 1 is 1.04 bits per heavy atom. The van der Waals surface area contributed by atoms with Crippen molar-refractivity contribution in [2.24, 2.45) is 7.05 Å². The topological polar surface area (TPSA) is 61.8 Å². The van der Waals surface area contributed by atoms with Gasteiger partial charge in [-0.15, -0.1) is 0 Å². The number of aromatic nitrogens is 4. The van der Waals surface area contributed by atoms with Gasteiger partial charge in [-0.25, -0.2) is 4.79 Å². The van der Waals surface area contributed by atoms with Crippen LogP contribution >= 0.6 is 0 Å². The molecular formula is C18H22N4O2. The summed E-state index contributed by atoms with van der Waals surface area (Å²) in [6.45, 7) is 4.92. The van der Waals surface area contributed by atoms with Crippen LogP contribution in [0.1, 0.15) is 26.7 Å². The first-order valence-electron chi connectivity index (χ1n) is 8.35. The Morgan fingerprint density at radius 2 is 1.75 bits per heavy atom. The number of nitrogens with zero attached hydrogens (tertiary/aromatic N) is 4. The van der Waals surface area contributed by atoms with E-state index in [1.54, 1.807) is 18.7 Å². The van der Waals surface area contributed by atoms with Crippen LogP contribution in [-0.2, 0) is 20.1 Å². The second-order valence-corrected chi connectivity index (χ2v) is 5.88. The summed E-state index contributed by atoms with van der Waals surface area (Å²) >= 11 is 0. The van der Waals surface area contributed by atoms with Gasteiger partial charge < -0.3 is 0 Å². The summed E-state index contributed by atoms with van der Waals surface area (Å²) in [5.74, 6) is 0. The maximum absolute atomic E-state index is 12.8. The molecule has 2 aromatic heterocycles. The molecule has 0 saturated heterocycles. The SMILES string of the molecule is CCCCn1nc(-c2ccccc2)c2c1c(=O)n(CC)c(=O)n2C. The molecule has 0 amide bonds.